The van der Waals surface area contributed by atoms with Gasteiger partial charge in [0.1, 0.15) is 5.56 Å². The molecule has 2 aromatic rings. The SMILES string of the molecule is Cc1cnc(CN(C(=O)c2c(C(F)(F)F)nn(C)c2F)N(C)C)c(Cl)c1. The Bertz CT molecular complexity index is 834. The molecule has 0 atom stereocenters. The van der Waals surface area contributed by atoms with Gasteiger partial charge in [-0.25, -0.2) is 9.69 Å². The van der Waals surface area contributed by atoms with Gasteiger partial charge in [0.15, 0.2) is 5.69 Å². The molecule has 1 amide bonds. The predicted molar refractivity (Wildman–Crippen MR) is 85.7 cm³/mol. The molecule has 0 spiro atoms. The molecule has 0 aromatic carbocycles. The minimum Gasteiger partial charge on any atom is -0.267 e. The van der Waals surface area contributed by atoms with E-state index in [2.05, 4.69) is 10.1 Å². The van der Waals surface area contributed by atoms with Gasteiger partial charge in [-0.1, -0.05) is 11.6 Å². The van der Waals surface area contributed by atoms with Crippen molar-refractivity contribution in [3.8, 4) is 0 Å². The lowest BCUT2D eigenvalue weighted by Gasteiger charge is -2.29. The van der Waals surface area contributed by atoms with Gasteiger partial charge in [-0.05, 0) is 18.6 Å². The molecular weight excluding hydrogens is 378 g/mol. The standard InChI is InChI=1S/C15H16ClF4N5O/c1-8-5-9(16)10(21-6-8)7-25(23(2)3)14(26)11-12(15(18,19)20)22-24(4)13(11)17/h5-6H,7H2,1-4H3. The van der Waals surface area contributed by atoms with E-state index in [0.29, 0.717) is 4.68 Å². The number of aryl methyl sites for hydroxylation is 2. The summed E-state index contributed by atoms with van der Waals surface area (Å²) in [6.45, 7) is 1.52. The largest absolute Gasteiger partial charge is 0.436 e. The molecule has 0 unspecified atom stereocenters. The molecule has 0 saturated heterocycles. The summed E-state index contributed by atoms with van der Waals surface area (Å²) in [6, 6.07) is 1.61. The average Bonchev–Trinajstić information content (AvgIpc) is 2.81. The summed E-state index contributed by atoms with van der Waals surface area (Å²) in [5.41, 5.74) is -1.70. The first-order chi connectivity index (χ1) is 11.9. The van der Waals surface area contributed by atoms with Crippen molar-refractivity contribution in [2.75, 3.05) is 14.1 Å². The van der Waals surface area contributed by atoms with Crippen molar-refractivity contribution >= 4 is 17.5 Å². The topological polar surface area (TPSA) is 54.3 Å². The minimum absolute atomic E-state index is 0.240. The lowest BCUT2D eigenvalue weighted by Crippen LogP contribution is -2.42. The van der Waals surface area contributed by atoms with Crippen LogP contribution in [-0.2, 0) is 19.8 Å². The summed E-state index contributed by atoms with van der Waals surface area (Å²) in [5.74, 6) is -2.58. The van der Waals surface area contributed by atoms with Crippen LogP contribution in [0.4, 0.5) is 17.6 Å². The normalized spacial score (nSPS) is 11.9. The monoisotopic (exact) mass is 393 g/mol. The van der Waals surface area contributed by atoms with Crippen molar-refractivity contribution in [1.29, 1.82) is 0 Å². The van der Waals surface area contributed by atoms with E-state index in [1.54, 1.807) is 13.0 Å². The number of rotatable bonds is 4. The van der Waals surface area contributed by atoms with Gasteiger partial charge < -0.3 is 0 Å². The second-order valence-corrected chi connectivity index (χ2v) is 6.19. The van der Waals surface area contributed by atoms with E-state index in [9.17, 15) is 22.4 Å². The number of alkyl halides is 3. The van der Waals surface area contributed by atoms with Crippen LogP contribution >= 0.6 is 11.6 Å². The molecule has 2 aromatic heterocycles. The van der Waals surface area contributed by atoms with E-state index in [1.807, 2.05) is 0 Å². The quantitative estimate of drug-likeness (QED) is 0.592. The molecular formula is C15H16ClF4N5O. The van der Waals surface area contributed by atoms with Crippen LogP contribution in [0.5, 0.6) is 0 Å². The average molecular weight is 394 g/mol. The number of aromatic nitrogens is 3. The van der Waals surface area contributed by atoms with Crippen LogP contribution in [0.25, 0.3) is 0 Å². The number of amides is 1. The number of carbonyl (C=O) groups is 1. The molecule has 26 heavy (non-hydrogen) atoms. The lowest BCUT2D eigenvalue weighted by molar-refractivity contribution is -0.142. The summed E-state index contributed by atoms with van der Waals surface area (Å²) in [6.07, 6.45) is -3.48. The van der Waals surface area contributed by atoms with Gasteiger partial charge in [0.05, 0.1) is 17.3 Å². The fourth-order valence-electron chi connectivity index (χ4n) is 2.24. The first-order valence-electron chi connectivity index (χ1n) is 7.33. The summed E-state index contributed by atoms with van der Waals surface area (Å²) in [5, 5.41) is 5.46. The Morgan fingerprint density at radius 3 is 2.46 bits per heavy atom. The van der Waals surface area contributed by atoms with E-state index in [0.717, 1.165) is 17.6 Å². The number of hydrogen-bond donors (Lipinski definition) is 0. The molecule has 0 aliphatic carbocycles. The molecule has 6 nitrogen and oxygen atoms in total. The van der Waals surface area contributed by atoms with Gasteiger partial charge in [0, 0.05) is 27.3 Å². The maximum absolute atomic E-state index is 14.2. The second-order valence-electron chi connectivity index (χ2n) is 5.79. The number of carbonyl (C=O) groups excluding carboxylic acids is 1. The number of nitrogens with zero attached hydrogens (tertiary/aromatic N) is 5. The molecule has 0 fully saturated rings. The summed E-state index contributed by atoms with van der Waals surface area (Å²) in [7, 11) is 3.85. The van der Waals surface area contributed by atoms with Crippen LogP contribution in [0.1, 0.15) is 27.3 Å². The Hall–Kier alpha value is -2.20. The predicted octanol–water partition coefficient (Wildman–Crippen LogP) is 3.05. The van der Waals surface area contributed by atoms with Crippen molar-refractivity contribution in [2.45, 2.75) is 19.6 Å². The molecule has 11 heteroatoms. The van der Waals surface area contributed by atoms with Crippen LogP contribution in [0.15, 0.2) is 12.3 Å². The van der Waals surface area contributed by atoms with Gasteiger partial charge >= 0.3 is 6.18 Å². The summed E-state index contributed by atoms with van der Waals surface area (Å²) in [4.78, 5) is 16.8. The third kappa shape index (κ3) is 3.96. The Morgan fingerprint density at radius 1 is 1.35 bits per heavy atom. The summed E-state index contributed by atoms with van der Waals surface area (Å²) >= 11 is 6.08. The maximum Gasteiger partial charge on any atom is 0.436 e. The Kier molecular flexibility index (Phi) is 5.57. The first kappa shape index (κ1) is 20.1. The maximum atomic E-state index is 14.2. The van der Waals surface area contributed by atoms with Crippen LogP contribution in [-0.4, -0.2) is 44.8 Å². The molecule has 142 valence electrons. The van der Waals surface area contributed by atoms with Gasteiger partial charge in [-0.3, -0.25) is 14.8 Å². The Balaban J connectivity index is 2.47. The van der Waals surface area contributed by atoms with Crippen LogP contribution < -0.4 is 0 Å². The zero-order valence-electron chi connectivity index (χ0n) is 14.4. The van der Waals surface area contributed by atoms with E-state index >= 15 is 0 Å². The second kappa shape index (κ2) is 7.20. The lowest BCUT2D eigenvalue weighted by atomic mass is 10.2. The third-order valence-corrected chi connectivity index (χ3v) is 3.86. The van der Waals surface area contributed by atoms with Crippen LogP contribution in [0.3, 0.4) is 0 Å². The Labute approximate surface area is 151 Å². The van der Waals surface area contributed by atoms with Crippen molar-refractivity contribution < 1.29 is 22.4 Å². The molecule has 0 radical (unpaired) electrons. The molecule has 0 N–H and O–H groups in total. The van der Waals surface area contributed by atoms with Crippen molar-refractivity contribution in [2.24, 2.45) is 7.05 Å². The molecule has 2 rings (SSSR count). The molecule has 0 aliphatic heterocycles. The smallest absolute Gasteiger partial charge is 0.267 e. The fraction of sp³-hybridized carbons (Fsp3) is 0.400. The Morgan fingerprint density at radius 2 is 1.96 bits per heavy atom. The highest BCUT2D eigenvalue weighted by atomic mass is 35.5. The minimum atomic E-state index is -4.98. The fourth-order valence-corrected chi connectivity index (χ4v) is 2.52. The first-order valence-corrected chi connectivity index (χ1v) is 7.71. The van der Waals surface area contributed by atoms with Crippen molar-refractivity contribution in [3.05, 3.63) is 45.7 Å². The number of halogens is 5. The van der Waals surface area contributed by atoms with Gasteiger partial charge in [-0.15, -0.1) is 0 Å². The molecule has 0 aliphatic rings. The molecule has 2 heterocycles. The summed E-state index contributed by atoms with van der Waals surface area (Å²) < 4.78 is 54.0. The van der Waals surface area contributed by atoms with Gasteiger partial charge in [0.2, 0.25) is 5.95 Å². The number of pyridine rings is 1. The molecule has 0 saturated carbocycles. The highest BCUT2D eigenvalue weighted by Crippen LogP contribution is 2.33. The van der Waals surface area contributed by atoms with Crippen molar-refractivity contribution in [3.63, 3.8) is 0 Å². The third-order valence-electron chi connectivity index (χ3n) is 3.53. The van der Waals surface area contributed by atoms with E-state index < -0.39 is 29.3 Å². The van der Waals surface area contributed by atoms with Gasteiger partial charge in [0.25, 0.3) is 5.91 Å². The zero-order valence-corrected chi connectivity index (χ0v) is 15.2. The van der Waals surface area contributed by atoms with Crippen LogP contribution in [0.2, 0.25) is 5.02 Å². The number of hydrazine groups is 1. The van der Waals surface area contributed by atoms with Crippen molar-refractivity contribution in [1.82, 2.24) is 24.8 Å². The highest BCUT2D eigenvalue weighted by Gasteiger charge is 2.43. The van der Waals surface area contributed by atoms with Gasteiger partial charge in [-0.2, -0.15) is 22.7 Å². The van der Waals surface area contributed by atoms with E-state index in [1.165, 1.54) is 25.3 Å². The highest BCUT2D eigenvalue weighted by molar-refractivity contribution is 6.31. The molecule has 0 bridgehead atoms. The van der Waals surface area contributed by atoms with Crippen LogP contribution in [0, 0.1) is 12.9 Å². The number of hydrogen-bond acceptors (Lipinski definition) is 4. The van der Waals surface area contributed by atoms with E-state index in [-0.39, 0.29) is 17.3 Å². The zero-order chi connectivity index (χ0) is 19.8. The van der Waals surface area contributed by atoms with E-state index in [4.69, 9.17) is 11.6 Å².